The van der Waals surface area contributed by atoms with E-state index in [9.17, 15) is 4.79 Å². The number of carbonyl (C=O) groups excluding carboxylic acids is 1. The molecule has 0 atom stereocenters. The quantitative estimate of drug-likeness (QED) is 0.726. The third-order valence-corrected chi connectivity index (χ3v) is 2.36. The van der Waals surface area contributed by atoms with E-state index in [4.69, 9.17) is 11.6 Å². The molecule has 0 aliphatic rings. The maximum Gasteiger partial charge on any atom is 0.182 e. The number of aryl methyl sites for hydroxylation is 1. The van der Waals surface area contributed by atoms with Gasteiger partial charge in [-0.25, -0.2) is 0 Å². The number of carbonyl (C=O) groups is 1. The lowest BCUT2D eigenvalue weighted by Crippen LogP contribution is -2.12. The van der Waals surface area contributed by atoms with E-state index in [-0.39, 0.29) is 5.78 Å². The molecule has 0 aliphatic carbocycles. The minimum atomic E-state index is 0.0842. The lowest BCUT2D eigenvalue weighted by atomic mass is 10.1. The minimum Gasteiger partial charge on any atom is -0.292 e. The van der Waals surface area contributed by atoms with Gasteiger partial charge < -0.3 is 0 Å². The molecule has 0 aliphatic heterocycles. The molecule has 1 aromatic rings. The Hall–Kier alpha value is -0.830. The second-order valence-electron chi connectivity index (χ2n) is 4.09. The summed E-state index contributed by atoms with van der Waals surface area (Å²) >= 11 is 5.95. The summed E-state index contributed by atoms with van der Waals surface area (Å²) in [6, 6.07) is 0. The maximum atomic E-state index is 11.9. The van der Waals surface area contributed by atoms with Crippen LogP contribution in [0.25, 0.3) is 0 Å². The number of rotatable bonds is 5. The Kier molecular flexibility index (Phi) is 4.33. The van der Waals surface area contributed by atoms with Gasteiger partial charge in [0.15, 0.2) is 5.78 Å². The first kappa shape index (κ1) is 12.2. The Balaban J connectivity index is 2.90. The largest absolute Gasteiger partial charge is 0.292 e. The lowest BCUT2D eigenvalue weighted by molar-refractivity contribution is 0.0957. The van der Waals surface area contributed by atoms with Crippen LogP contribution in [0.1, 0.15) is 44.1 Å². The normalized spacial score (nSPS) is 11.0. The van der Waals surface area contributed by atoms with Crippen molar-refractivity contribution < 1.29 is 4.79 Å². The SMILES string of the molecule is CCCn1ncc(Cl)c1C(=O)CC(C)C. The average molecular weight is 229 g/mol. The predicted molar refractivity (Wildman–Crippen MR) is 61.3 cm³/mol. The molecule has 0 fully saturated rings. The number of halogens is 1. The molecule has 1 rings (SSSR count). The zero-order valence-corrected chi connectivity index (χ0v) is 10.2. The average Bonchev–Trinajstić information content (AvgIpc) is 2.46. The molecule has 84 valence electrons. The third-order valence-electron chi connectivity index (χ3n) is 2.09. The summed E-state index contributed by atoms with van der Waals surface area (Å²) < 4.78 is 1.70. The van der Waals surface area contributed by atoms with Crippen LogP contribution < -0.4 is 0 Å². The van der Waals surface area contributed by atoms with E-state index in [1.54, 1.807) is 10.9 Å². The van der Waals surface area contributed by atoms with Crippen LogP contribution in [-0.2, 0) is 6.54 Å². The fraction of sp³-hybridized carbons (Fsp3) is 0.636. The Morgan fingerprint density at radius 3 is 2.80 bits per heavy atom. The second kappa shape index (κ2) is 5.31. The molecule has 0 unspecified atom stereocenters. The first-order chi connectivity index (χ1) is 7.06. The molecule has 0 aromatic carbocycles. The van der Waals surface area contributed by atoms with Gasteiger partial charge >= 0.3 is 0 Å². The van der Waals surface area contributed by atoms with E-state index in [0.29, 0.717) is 23.1 Å². The van der Waals surface area contributed by atoms with Crippen molar-refractivity contribution >= 4 is 17.4 Å². The van der Waals surface area contributed by atoms with Crippen molar-refractivity contribution in [2.24, 2.45) is 5.92 Å². The predicted octanol–water partition coefficient (Wildman–Crippen LogP) is 3.18. The molecule has 1 heterocycles. The molecule has 0 spiro atoms. The van der Waals surface area contributed by atoms with Crippen molar-refractivity contribution in [3.8, 4) is 0 Å². The first-order valence-corrected chi connectivity index (χ1v) is 5.68. The fourth-order valence-corrected chi connectivity index (χ4v) is 1.74. The zero-order chi connectivity index (χ0) is 11.4. The fourth-order valence-electron chi connectivity index (χ4n) is 1.49. The smallest absolute Gasteiger partial charge is 0.182 e. The van der Waals surface area contributed by atoms with Gasteiger partial charge in [-0.1, -0.05) is 32.4 Å². The van der Waals surface area contributed by atoms with Crippen LogP contribution in [0.3, 0.4) is 0 Å². The van der Waals surface area contributed by atoms with E-state index in [0.717, 1.165) is 13.0 Å². The number of hydrogen-bond acceptors (Lipinski definition) is 2. The van der Waals surface area contributed by atoms with Crippen LogP contribution in [0, 0.1) is 5.92 Å². The van der Waals surface area contributed by atoms with Gasteiger partial charge in [0.2, 0.25) is 0 Å². The van der Waals surface area contributed by atoms with E-state index < -0.39 is 0 Å². The van der Waals surface area contributed by atoms with Crippen LogP contribution in [0.4, 0.5) is 0 Å². The number of hydrogen-bond donors (Lipinski definition) is 0. The summed E-state index contributed by atoms with van der Waals surface area (Å²) in [4.78, 5) is 11.9. The second-order valence-corrected chi connectivity index (χ2v) is 4.49. The van der Waals surface area contributed by atoms with Crippen molar-refractivity contribution in [2.45, 2.75) is 40.2 Å². The van der Waals surface area contributed by atoms with Gasteiger partial charge in [0.05, 0.1) is 11.2 Å². The Morgan fingerprint density at radius 2 is 2.27 bits per heavy atom. The monoisotopic (exact) mass is 228 g/mol. The summed E-state index contributed by atoms with van der Waals surface area (Å²) in [5.74, 6) is 0.430. The Morgan fingerprint density at radius 1 is 1.60 bits per heavy atom. The number of Topliss-reactive ketones (excluding diaryl/α,β-unsaturated/α-hetero) is 1. The zero-order valence-electron chi connectivity index (χ0n) is 9.46. The molecule has 1 aromatic heterocycles. The molecule has 4 heteroatoms. The highest BCUT2D eigenvalue weighted by Gasteiger charge is 2.17. The van der Waals surface area contributed by atoms with Crippen molar-refractivity contribution in [3.05, 3.63) is 16.9 Å². The van der Waals surface area contributed by atoms with Crippen LogP contribution in [0.2, 0.25) is 5.02 Å². The van der Waals surface area contributed by atoms with Gasteiger partial charge in [-0.3, -0.25) is 9.48 Å². The number of ketones is 1. The first-order valence-electron chi connectivity index (χ1n) is 5.30. The molecule has 0 N–H and O–H groups in total. The molecule has 0 bridgehead atoms. The molecule has 3 nitrogen and oxygen atoms in total. The van der Waals surface area contributed by atoms with Gasteiger partial charge in [-0.05, 0) is 12.3 Å². The summed E-state index contributed by atoms with van der Waals surface area (Å²) in [7, 11) is 0. The summed E-state index contributed by atoms with van der Waals surface area (Å²) in [6.07, 6.45) is 3.01. The maximum absolute atomic E-state index is 11.9. The summed E-state index contributed by atoms with van der Waals surface area (Å²) in [5.41, 5.74) is 0.562. The highest BCUT2D eigenvalue weighted by molar-refractivity contribution is 6.33. The highest BCUT2D eigenvalue weighted by Crippen LogP contribution is 2.19. The molecule has 0 amide bonds. The van der Waals surface area contributed by atoms with Crippen molar-refractivity contribution in [1.29, 1.82) is 0 Å². The topological polar surface area (TPSA) is 34.9 Å². The van der Waals surface area contributed by atoms with Crippen LogP contribution in [0.5, 0.6) is 0 Å². The van der Waals surface area contributed by atoms with Gasteiger partial charge in [0.25, 0.3) is 0 Å². The highest BCUT2D eigenvalue weighted by atomic mass is 35.5. The van der Waals surface area contributed by atoms with E-state index in [1.807, 2.05) is 20.8 Å². The van der Waals surface area contributed by atoms with Gasteiger partial charge in [0.1, 0.15) is 5.69 Å². The minimum absolute atomic E-state index is 0.0842. The molecule has 0 radical (unpaired) electrons. The van der Waals surface area contributed by atoms with Crippen LogP contribution >= 0.6 is 11.6 Å². The number of aromatic nitrogens is 2. The Labute approximate surface area is 95.4 Å². The van der Waals surface area contributed by atoms with Gasteiger partial charge in [-0.15, -0.1) is 0 Å². The summed E-state index contributed by atoms with van der Waals surface area (Å²) in [5, 5.41) is 4.56. The molecule has 0 saturated heterocycles. The van der Waals surface area contributed by atoms with E-state index in [1.165, 1.54) is 0 Å². The lowest BCUT2D eigenvalue weighted by Gasteiger charge is -2.07. The van der Waals surface area contributed by atoms with E-state index >= 15 is 0 Å². The third kappa shape index (κ3) is 3.06. The molecule has 0 saturated carbocycles. The molecular formula is C11H17ClN2O. The van der Waals surface area contributed by atoms with Crippen molar-refractivity contribution in [2.75, 3.05) is 0 Å². The van der Waals surface area contributed by atoms with Gasteiger partial charge in [0, 0.05) is 13.0 Å². The standard InChI is InChI=1S/C11H17ClN2O/c1-4-5-14-11(9(12)7-13-14)10(15)6-8(2)3/h7-8H,4-6H2,1-3H3. The summed E-state index contributed by atoms with van der Waals surface area (Å²) in [6.45, 7) is 6.83. The molecular weight excluding hydrogens is 212 g/mol. The van der Waals surface area contributed by atoms with E-state index in [2.05, 4.69) is 5.10 Å². The Bertz CT molecular complexity index is 344. The number of nitrogens with zero attached hydrogens (tertiary/aromatic N) is 2. The van der Waals surface area contributed by atoms with Crippen molar-refractivity contribution in [3.63, 3.8) is 0 Å². The van der Waals surface area contributed by atoms with Crippen molar-refractivity contribution in [1.82, 2.24) is 9.78 Å². The van der Waals surface area contributed by atoms with Crippen LogP contribution in [-0.4, -0.2) is 15.6 Å². The van der Waals surface area contributed by atoms with Crippen LogP contribution in [0.15, 0.2) is 6.20 Å². The molecule has 15 heavy (non-hydrogen) atoms. The van der Waals surface area contributed by atoms with Gasteiger partial charge in [-0.2, -0.15) is 5.10 Å².